The smallest absolute Gasteiger partial charge is 0.315 e. The highest BCUT2D eigenvalue weighted by molar-refractivity contribution is 6.10. The fourth-order valence-corrected chi connectivity index (χ4v) is 30.4. The molecular formula is C96H160O30Si8. The zero-order chi connectivity index (χ0) is 93.5. The average molecular weight is 2020 g/mol. The number of rotatable bonds is 32. The Morgan fingerprint density at radius 3 is 1.19 bits per heavy atom. The Morgan fingerprint density at radius 1 is 0.291 bits per heavy atom. The van der Waals surface area contributed by atoms with E-state index in [1.165, 1.54) is 182 Å². The normalized spacial score (nSPS) is 44.1. The molecule has 0 N–H and O–H groups in total. The van der Waals surface area contributed by atoms with Crippen LogP contribution in [0.5, 0.6) is 0 Å². The molecule has 20 heterocycles. The highest BCUT2D eigenvalue weighted by Gasteiger charge is 2.70. The van der Waals surface area contributed by atoms with E-state index in [9.17, 15) is 38.4 Å². The summed E-state index contributed by atoms with van der Waals surface area (Å²) in [5, 5.41) is 0. The predicted molar refractivity (Wildman–Crippen MR) is 517 cm³/mol. The van der Waals surface area contributed by atoms with E-state index in [1.807, 2.05) is 0 Å². The number of hydrogen-bond acceptors (Lipinski definition) is 30. The molecule has 134 heavy (non-hydrogen) atoms. The van der Waals surface area contributed by atoms with E-state index in [-0.39, 0.29) is 208 Å². The van der Waals surface area contributed by atoms with E-state index in [0.29, 0.717) is 108 Å². The van der Waals surface area contributed by atoms with Crippen LogP contribution in [0.25, 0.3) is 0 Å². The third-order valence-corrected chi connectivity index (χ3v) is 40.8. The average Bonchev–Trinajstić information content (AvgIpc) is 1.55. The van der Waals surface area contributed by atoms with Crippen LogP contribution in [-0.2, 0) is 143 Å². The largest absolute Gasteiger partial charge is 0.465 e. The number of cyclic esters (lactones) is 8. The third kappa shape index (κ3) is 21.5. The third-order valence-electron chi connectivity index (χ3n) is 35.2. The molecule has 38 heteroatoms. The molecule has 0 radical (unpaired) electrons. The van der Waals surface area contributed by atoms with E-state index in [2.05, 4.69) is 0 Å². The summed E-state index contributed by atoms with van der Waals surface area (Å²) in [6, 6.07) is 10.3. The summed E-state index contributed by atoms with van der Waals surface area (Å²) in [7, 11) is 10.0. The minimum absolute atomic E-state index is 0.00318. The first kappa shape index (κ1) is 102. The van der Waals surface area contributed by atoms with Gasteiger partial charge in [0.2, 0.25) is 0 Å². The number of fused-ring (bicyclic) bond motifs is 28. The molecule has 0 aromatic heterocycles. The minimum atomic E-state index is -0.367. The van der Waals surface area contributed by atoms with Gasteiger partial charge in [0.25, 0.3) is 0 Å². The maximum atomic E-state index is 12.0. The first-order valence-corrected chi connectivity index (χ1v) is 64.6. The summed E-state index contributed by atoms with van der Waals surface area (Å²) >= 11 is 0. The topological polar surface area (TPSA) is 340 Å². The maximum absolute atomic E-state index is 12.0. The highest BCUT2D eigenvalue weighted by atomic mass is 28.2. The van der Waals surface area contributed by atoms with Gasteiger partial charge in [0.15, 0.2) is 0 Å². The zero-order valence-corrected chi connectivity index (χ0v) is 97.6. The van der Waals surface area contributed by atoms with Crippen molar-refractivity contribution >= 4 is 130 Å². The van der Waals surface area contributed by atoms with Crippen LogP contribution in [0.1, 0.15) is 193 Å². The van der Waals surface area contributed by atoms with Gasteiger partial charge in [0.05, 0.1) is 198 Å². The van der Waals surface area contributed by atoms with Crippen LogP contribution in [0.4, 0.5) is 0 Å². The van der Waals surface area contributed by atoms with Crippen molar-refractivity contribution in [2.45, 2.75) is 363 Å². The fourth-order valence-electron chi connectivity index (χ4n) is 28.1. The lowest BCUT2D eigenvalue weighted by atomic mass is 9.71. The Labute approximate surface area is 815 Å². The summed E-state index contributed by atoms with van der Waals surface area (Å²) in [5.41, 5.74) is -0.748. The van der Waals surface area contributed by atoms with Gasteiger partial charge in [-0.15, -0.1) is 0 Å². The molecule has 16 bridgehead atoms. The summed E-state index contributed by atoms with van der Waals surface area (Å²) in [6.07, 6.45) is 33.2. The molecule has 24 fully saturated rings. The molecule has 0 amide bonds. The Kier molecular flexibility index (Phi) is 35.1. The Balaban J connectivity index is 0.000000107. The van der Waals surface area contributed by atoms with Crippen molar-refractivity contribution < 1.29 is 143 Å². The van der Waals surface area contributed by atoms with Gasteiger partial charge >= 0.3 is 47.8 Å². The van der Waals surface area contributed by atoms with Crippen LogP contribution in [0, 0.1) is 79.8 Å². The van der Waals surface area contributed by atoms with Gasteiger partial charge in [0, 0.05) is 220 Å². The molecule has 756 valence electrons. The zero-order valence-electron chi connectivity index (χ0n) is 81.6. The molecule has 24 rings (SSSR count). The number of hydrogen-bond donors (Lipinski definition) is 0. The predicted octanol–water partition coefficient (Wildman–Crippen LogP) is 0.988. The highest BCUT2D eigenvalue weighted by Crippen LogP contribution is 2.64. The van der Waals surface area contributed by atoms with Crippen LogP contribution in [0.2, 0.25) is 48.4 Å². The van der Waals surface area contributed by atoms with Crippen molar-refractivity contribution in [3.8, 4) is 0 Å². The second-order valence-electron chi connectivity index (χ2n) is 44.0. The monoisotopic (exact) mass is 2020 g/mol. The van der Waals surface area contributed by atoms with Crippen molar-refractivity contribution in [1.29, 1.82) is 0 Å². The first-order chi connectivity index (χ1) is 65.1. The second-order valence-corrected chi connectivity index (χ2v) is 52.0. The molecule has 20 aliphatic heterocycles. The van der Waals surface area contributed by atoms with E-state index in [4.69, 9.17) is 104 Å². The molecule has 24 aliphatic rings. The first-order valence-electron chi connectivity index (χ1n) is 53.3. The van der Waals surface area contributed by atoms with Crippen LogP contribution < -0.4 is 0 Å². The van der Waals surface area contributed by atoms with Gasteiger partial charge in [0.1, 0.15) is 24.7 Å². The molecule has 0 aromatic carbocycles. The molecule has 30 nitrogen and oxygen atoms in total. The Hall–Kier alpha value is -3.06. The quantitative estimate of drug-likeness (QED) is 0.0392. The van der Waals surface area contributed by atoms with Crippen LogP contribution in [0.15, 0.2) is 0 Å². The Bertz CT molecular complexity index is 3860. The van der Waals surface area contributed by atoms with Crippen LogP contribution >= 0.6 is 0 Å². The molecule has 4 aliphatic carbocycles. The minimum Gasteiger partial charge on any atom is -0.465 e. The van der Waals surface area contributed by atoms with Gasteiger partial charge < -0.3 is 104 Å². The lowest BCUT2D eigenvalue weighted by molar-refractivity contribution is -0.153. The summed E-state index contributed by atoms with van der Waals surface area (Å²) in [4.78, 5) is 92.8. The lowest BCUT2D eigenvalue weighted by Gasteiger charge is -2.36. The second kappa shape index (κ2) is 45.9. The Morgan fingerprint density at radius 2 is 0.709 bits per heavy atom. The number of carbonyl (C=O) groups excluding carboxylic acids is 8. The molecule has 6 spiro atoms. The van der Waals surface area contributed by atoms with Crippen LogP contribution in [0.3, 0.4) is 0 Å². The van der Waals surface area contributed by atoms with E-state index in [1.54, 1.807) is 0 Å². The summed E-state index contributed by atoms with van der Waals surface area (Å²) in [5.74, 6) is 2.79. The molecule has 4 saturated carbocycles. The van der Waals surface area contributed by atoms with Gasteiger partial charge in [-0.1, -0.05) is 48.4 Å². The lowest BCUT2D eigenvalue weighted by Crippen LogP contribution is -2.45. The molecule has 34 atom stereocenters. The number of ether oxygens (including phenoxy) is 22. The van der Waals surface area contributed by atoms with Crippen LogP contribution in [-0.4, -0.2) is 357 Å². The van der Waals surface area contributed by atoms with E-state index >= 15 is 0 Å². The van der Waals surface area contributed by atoms with E-state index in [0.717, 1.165) is 181 Å². The van der Waals surface area contributed by atoms with Crippen molar-refractivity contribution in [3.63, 3.8) is 0 Å². The van der Waals surface area contributed by atoms with Crippen molar-refractivity contribution in [3.05, 3.63) is 0 Å². The van der Waals surface area contributed by atoms with Gasteiger partial charge in [-0.05, 0) is 140 Å². The van der Waals surface area contributed by atoms with Crippen molar-refractivity contribution in [2.75, 3.05) is 106 Å². The molecular weight excluding hydrogens is 1860 g/mol. The molecule has 34 unspecified atom stereocenters. The number of esters is 8. The number of carbonyl (C=O) groups is 8. The molecule has 20 saturated heterocycles. The maximum Gasteiger partial charge on any atom is 0.315 e. The van der Waals surface area contributed by atoms with Gasteiger partial charge in [-0.2, -0.15) is 0 Å². The standard InChI is InChI=1S/2C13H22O3Si.4C12H20O4Si.2C11H18O4Si/c14-12-13(2-4-16-12)8-9-6-10(13)11(7-9)15-3-1-5-17;14-12-7-13(8-16-12)6-9-4-10(13)11(5-9)15-2-1-3-17;13-11-12(2-4-15-11)7-9-8(6-10(12)16-9)14-3-1-5-17;13-11-12(2-4-15-11)7-8-6-9(10(12)16-8)14-3-1-5-17;13-11-6-12(7-15-11)5-9-8(4-10(12)16-9)14-2-1-3-17;13-10-6-12(7-15-10)5-8-4-9(11(12)16-8)14-2-1-3-17;12-11-9-6(5-14-11)10-8(4-7(9)15-10)13-2-1-3-16;12-11-9-6(5-14-11)7-4-8(10(9)15-7)13-2-1-3-16/h2*9-11H,1-8H2,17H3;3*8-10H,1-7H2,17H3;8-9,11H,1-7H2,17H3;2*6-10H,1-5H2,16H3. The van der Waals surface area contributed by atoms with E-state index < -0.39 is 0 Å². The molecule has 0 aromatic rings. The fraction of sp³-hybridized carbons (Fsp3) is 0.917. The SMILES string of the molecule is O=C1CC2(CO1)CC1CC(OCCC[SiH3])C2C1.O=C1CC2(CO1)CC1CC(OCCC[SiH3])C2O1.O=C1CC2(CO1)CC1OC2CC1OCCC[SiH3].O=C1OCC2C3CC(OCCC[SiH3])C(O3)C12.O=C1OCC2C3OC(CC3OCCC[SiH3])C12.O=C1OCCC12CC1CC(OCCC[SiH3])C2C1.O=C1OCCC12CC1CC(OCCC[SiH3])C2O1.O=C1OCCC12CC1OC2CC1OCCC[SiH3]. The van der Waals surface area contributed by atoms with Gasteiger partial charge in [-0.3, -0.25) is 38.4 Å². The summed E-state index contributed by atoms with van der Waals surface area (Å²) in [6.45, 7) is 11.4. The van der Waals surface area contributed by atoms with Crippen molar-refractivity contribution in [1.82, 2.24) is 0 Å². The van der Waals surface area contributed by atoms with Crippen molar-refractivity contribution in [2.24, 2.45) is 79.8 Å². The summed E-state index contributed by atoms with van der Waals surface area (Å²) < 4.78 is 124. The van der Waals surface area contributed by atoms with Gasteiger partial charge in [-0.25, -0.2) is 0 Å².